The van der Waals surface area contributed by atoms with Gasteiger partial charge in [-0.15, -0.1) is 0 Å². The molecule has 0 radical (unpaired) electrons. The van der Waals surface area contributed by atoms with Crippen LogP contribution in [0.1, 0.15) is 27.9 Å². The summed E-state index contributed by atoms with van der Waals surface area (Å²) in [6, 6.07) is 12.6. The van der Waals surface area contributed by atoms with Gasteiger partial charge in [-0.25, -0.2) is 0 Å². The predicted molar refractivity (Wildman–Crippen MR) is 106 cm³/mol. The molecule has 2 amide bonds. The summed E-state index contributed by atoms with van der Waals surface area (Å²) >= 11 is 5.90. The smallest absolute Gasteiger partial charge is 0.318 e. The van der Waals surface area contributed by atoms with Crippen LogP contribution in [0.3, 0.4) is 0 Å². The summed E-state index contributed by atoms with van der Waals surface area (Å²) < 4.78 is 10.5. The van der Waals surface area contributed by atoms with E-state index in [1.165, 1.54) is 7.11 Å². The lowest BCUT2D eigenvalue weighted by Gasteiger charge is -2.18. The molecular weight excluding hydrogens is 396 g/mol. The van der Waals surface area contributed by atoms with E-state index in [2.05, 4.69) is 4.74 Å². The Morgan fingerprint density at radius 3 is 2.59 bits per heavy atom. The van der Waals surface area contributed by atoms with Gasteiger partial charge < -0.3 is 20.1 Å². The van der Waals surface area contributed by atoms with Crippen LogP contribution in [0, 0.1) is 5.92 Å². The summed E-state index contributed by atoms with van der Waals surface area (Å²) in [4.78, 5) is 37.5. The molecular formula is C21H21ClN2O5. The minimum Gasteiger partial charge on any atom is -0.489 e. The van der Waals surface area contributed by atoms with Crippen molar-refractivity contribution < 1.29 is 23.9 Å². The Hall–Kier alpha value is -3.06. The maximum absolute atomic E-state index is 12.7. The lowest BCUT2D eigenvalue weighted by molar-refractivity contribution is -0.149. The number of carbonyl (C=O) groups excluding carboxylic acids is 3. The largest absolute Gasteiger partial charge is 0.489 e. The molecule has 0 bridgehead atoms. The van der Waals surface area contributed by atoms with Crippen LogP contribution in [0.25, 0.3) is 0 Å². The van der Waals surface area contributed by atoms with E-state index in [0.29, 0.717) is 29.5 Å². The van der Waals surface area contributed by atoms with Crippen LogP contribution in [0.4, 0.5) is 0 Å². The Bertz CT molecular complexity index is 929. The molecule has 2 N–H and O–H groups in total. The minimum atomic E-state index is -1.09. The van der Waals surface area contributed by atoms with Crippen molar-refractivity contribution in [2.45, 2.75) is 19.6 Å². The number of hydrogen-bond donors (Lipinski definition) is 1. The van der Waals surface area contributed by atoms with Gasteiger partial charge in [0.15, 0.2) is 0 Å². The number of benzene rings is 2. The van der Waals surface area contributed by atoms with Gasteiger partial charge in [-0.05, 0) is 36.2 Å². The van der Waals surface area contributed by atoms with Crippen LogP contribution in [0.15, 0.2) is 42.5 Å². The number of hydrogen-bond acceptors (Lipinski definition) is 5. The zero-order chi connectivity index (χ0) is 21.0. The lowest BCUT2D eigenvalue weighted by Crippen LogP contribution is -2.35. The van der Waals surface area contributed by atoms with E-state index in [0.717, 1.165) is 11.1 Å². The second-order valence-electron chi connectivity index (χ2n) is 6.69. The van der Waals surface area contributed by atoms with Gasteiger partial charge in [-0.1, -0.05) is 29.8 Å². The second-order valence-corrected chi connectivity index (χ2v) is 7.13. The van der Waals surface area contributed by atoms with Gasteiger partial charge in [0.05, 0.1) is 13.7 Å². The molecule has 1 heterocycles. The zero-order valence-electron chi connectivity index (χ0n) is 15.9. The minimum absolute atomic E-state index is 0.0999. The molecule has 2 aromatic rings. The molecule has 0 fully saturated rings. The molecule has 2 aromatic carbocycles. The number of rotatable bonds is 8. The number of amides is 2. The van der Waals surface area contributed by atoms with Gasteiger partial charge in [0.1, 0.15) is 18.3 Å². The summed E-state index contributed by atoms with van der Waals surface area (Å²) in [5.41, 5.74) is 7.55. The fourth-order valence-corrected chi connectivity index (χ4v) is 3.35. The van der Waals surface area contributed by atoms with E-state index in [1.54, 1.807) is 29.2 Å². The Labute approximate surface area is 173 Å². The van der Waals surface area contributed by atoms with Gasteiger partial charge in [-0.2, -0.15) is 0 Å². The Kier molecular flexibility index (Phi) is 6.39. The fourth-order valence-electron chi connectivity index (χ4n) is 3.22. The van der Waals surface area contributed by atoms with E-state index in [-0.39, 0.29) is 18.9 Å². The van der Waals surface area contributed by atoms with E-state index in [9.17, 15) is 14.4 Å². The highest BCUT2D eigenvalue weighted by molar-refractivity contribution is 6.30. The molecule has 0 saturated carbocycles. The zero-order valence-corrected chi connectivity index (χ0v) is 16.6. The van der Waals surface area contributed by atoms with Crippen LogP contribution in [-0.2, 0) is 27.5 Å². The molecule has 0 saturated heterocycles. The van der Waals surface area contributed by atoms with Gasteiger partial charge in [-0.3, -0.25) is 14.4 Å². The molecule has 7 nitrogen and oxygen atoms in total. The maximum Gasteiger partial charge on any atom is 0.318 e. The summed E-state index contributed by atoms with van der Waals surface area (Å²) in [6.07, 6.45) is 0.0999. The molecule has 0 aliphatic carbocycles. The molecule has 1 aliphatic heterocycles. The fraction of sp³-hybridized carbons (Fsp3) is 0.286. The number of primary amides is 1. The third-order valence-corrected chi connectivity index (χ3v) is 5.08. The Morgan fingerprint density at radius 1 is 1.21 bits per heavy atom. The van der Waals surface area contributed by atoms with Gasteiger partial charge in [0.2, 0.25) is 5.91 Å². The van der Waals surface area contributed by atoms with Crippen LogP contribution in [0.2, 0.25) is 5.02 Å². The summed E-state index contributed by atoms with van der Waals surface area (Å²) in [5.74, 6) is -2.11. The predicted octanol–water partition coefficient (Wildman–Crippen LogP) is 2.54. The monoisotopic (exact) mass is 416 g/mol. The number of methoxy groups -OCH3 is 1. The first-order valence-electron chi connectivity index (χ1n) is 9.06. The number of halogens is 1. The normalized spacial score (nSPS) is 13.7. The summed E-state index contributed by atoms with van der Waals surface area (Å²) in [7, 11) is 1.19. The van der Waals surface area contributed by atoms with Gasteiger partial charge in [0.25, 0.3) is 5.91 Å². The standard InChI is InChI=1S/C21H21ClN2O5/c1-28-21(27)16(19(23)25)9-10-24-11-17-15(20(24)26)3-2-4-18(17)29-12-13-5-7-14(22)8-6-13/h2-8,16H,9-12H2,1H3,(H2,23,25). The molecule has 1 aliphatic rings. The van der Waals surface area contributed by atoms with Crippen molar-refractivity contribution in [1.82, 2.24) is 4.90 Å². The van der Waals surface area contributed by atoms with E-state index in [1.807, 2.05) is 18.2 Å². The molecule has 1 atom stereocenters. The van der Waals surface area contributed by atoms with Crippen molar-refractivity contribution in [1.29, 1.82) is 0 Å². The van der Waals surface area contributed by atoms with E-state index in [4.69, 9.17) is 22.1 Å². The van der Waals surface area contributed by atoms with Gasteiger partial charge in [0, 0.05) is 22.7 Å². The van der Waals surface area contributed by atoms with Crippen molar-refractivity contribution in [3.05, 3.63) is 64.2 Å². The summed E-state index contributed by atoms with van der Waals surface area (Å²) in [5, 5.41) is 0.650. The number of nitrogens with two attached hydrogens (primary N) is 1. The van der Waals surface area contributed by atoms with Crippen LogP contribution in [0.5, 0.6) is 5.75 Å². The van der Waals surface area contributed by atoms with Crippen molar-refractivity contribution in [3.8, 4) is 5.75 Å². The number of carbonyl (C=O) groups is 3. The second kappa shape index (κ2) is 8.96. The van der Waals surface area contributed by atoms with Gasteiger partial charge >= 0.3 is 5.97 Å². The Balaban J connectivity index is 1.68. The summed E-state index contributed by atoms with van der Waals surface area (Å²) in [6.45, 7) is 0.873. The van der Waals surface area contributed by atoms with Crippen molar-refractivity contribution in [3.63, 3.8) is 0 Å². The van der Waals surface area contributed by atoms with E-state index >= 15 is 0 Å². The topological polar surface area (TPSA) is 98.9 Å². The highest BCUT2D eigenvalue weighted by Gasteiger charge is 2.32. The number of nitrogens with zero attached hydrogens (tertiary/aromatic N) is 1. The SMILES string of the molecule is COC(=O)C(CCN1Cc2c(OCc3ccc(Cl)cc3)cccc2C1=O)C(N)=O. The average molecular weight is 417 g/mol. The van der Waals surface area contributed by atoms with Crippen LogP contribution >= 0.6 is 11.6 Å². The average Bonchev–Trinajstić information content (AvgIpc) is 3.03. The van der Waals surface area contributed by atoms with Crippen LogP contribution < -0.4 is 10.5 Å². The molecule has 8 heteroatoms. The molecule has 1 unspecified atom stereocenters. The van der Waals surface area contributed by atoms with Crippen molar-refractivity contribution >= 4 is 29.4 Å². The first-order valence-corrected chi connectivity index (χ1v) is 9.44. The first kappa shape index (κ1) is 20.7. The van der Waals surface area contributed by atoms with Crippen molar-refractivity contribution in [2.24, 2.45) is 11.7 Å². The molecule has 0 aromatic heterocycles. The maximum atomic E-state index is 12.7. The molecule has 29 heavy (non-hydrogen) atoms. The third kappa shape index (κ3) is 4.68. The highest BCUT2D eigenvalue weighted by Crippen LogP contribution is 2.32. The van der Waals surface area contributed by atoms with E-state index < -0.39 is 17.8 Å². The Morgan fingerprint density at radius 2 is 1.93 bits per heavy atom. The van der Waals surface area contributed by atoms with Crippen LogP contribution in [-0.4, -0.2) is 36.3 Å². The first-order chi connectivity index (χ1) is 13.9. The highest BCUT2D eigenvalue weighted by atomic mass is 35.5. The number of ether oxygens (including phenoxy) is 2. The third-order valence-electron chi connectivity index (χ3n) is 4.82. The molecule has 3 rings (SSSR count). The molecule has 0 spiro atoms. The molecule has 152 valence electrons. The van der Waals surface area contributed by atoms with Crippen molar-refractivity contribution in [2.75, 3.05) is 13.7 Å². The number of esters is 1. The number of fused-ring (bicyclic) bond motifs is 1. The lowest BCUT2D eigenvalue weighted by atomic mass is 10.1. The quantitative estimate of drug-likeness (QED) is 0.526.